The highest BCUT2D eigenvalue weighted by atomic mass is 16.1. The van der Waals surface area contributed by atoms with Crippen molar-refractivity contribution in [3.8, 4) is 6.07 Å². The first-order valence-corrected chi connectivity index (χ1v) is 6.46. The van der Waals surface area contributed by atoms with Gasteiger partial charge in [0.05, 0.1) is 22.5 Å². The van der Waals surface area contributed by atoms with Gasteiger partial charge in [-0.3, -0.25) is 9.20 Å². The summed E-state index contributed by atoms with van der Waals surface area (Å²) >= 11 is 0. The SMILES string of the molecule is CC(C)c1ccc2nc3ccc(C#N)cc3c(=O)n2c1. The lowest BCUT2D eigenvalue weighted by atomic mass is 10.1. The van der Waals surface area contributed by atoms with Gasteiger partial charge >= 0.3 is 0 Å². The zero-order valence-electron chi connectivity index (χ0n) is 11.3. The summed E-state index contributed by atoms with van der Waals surface area (Å²) < 4.78 is 1.55. The maximum absolute atomic E-state index is 12.5. The summed E-state index contributed by atoms with van der Waals surface area (Å²) in [6, 6.07) is 10.9. The highest BCUT2D eigenvalue weighted by Crippen LogP contribution is 2.16. The Bertz CT molecular complexity index is 917. The standard InChI is InChI=1S/C16H13N3O/c1-10(2)12-4-6-15-18-14-5-3-11(8-17)7-13(14)16(20)19(15)9-12/h3-7,9-10H,1-2H3. The molecule has 0 aliphatic heterocycles. The summed E-state index contributed by atoms with van der Waals surface area (Å²) in [6.45, 7) is 4.16. The number of benzene rings is 1. The Hall–Kier alpha value is -2.67. The molecule has 0 N–H and O–H groups in total. The van der Waals surface area contributed by atoms with E-state index >= 15 is 0 Å². The maximum Gasteiger partial charge on any atom is 0.265 e. The molecule has 0 fully saturated rings. The van der Waals surface area contributed by atoms with Gasteiger partial charge in [0.2, 0.25) is 0 Å². The molecule has 0 aliphatic rings. The predicted molar refractivity (Wildman–Crippen MR) is 77.8 cm³/mol. The van der Waals surface area contributed by atoms with Crippen LogP contribution in [-0.2, 0) is 0 Å². The van der Waals surface area contributed by atoms with Gasteiger partial charge in [0.15, 0.2) is 0 Å². The fraction of sp³-hybridized carbons (Fsp3) is 0.188. The van der Waals surface area contributed by atoms with Gasteiger partial charge in [0.25, 0.3) is 5.56 Å². The molecule has 1 aromatic carbocycles. The molecule has 0 radical (unpaired) electrons. The van der Waals surface area contributed by atoms with Gasteiger partial charge in [0, 0.05) is 6.20 Å². The molecule has 0 aliphatic carbocycles. The van der Waals surface area contributed by atoms with Crippen molar-refractivity contribution >= 4 is 16.6 Å². The number of rotatable bonds is 1. The van der Waals surface area contributed by atoms with Crippen molar-refractivity contribution in [3.05, 3.63) is 58.0 Å². The van der Waals surface area contributed by atoms with Gasteiger partial charge in [-0.05, 0) is 35.7 Å². The first kappa shape index (κ1) is 12.4. The maximum atomic E-state index is 12.5. The molecule has 0 bridgehead atoms. The summed E-state index contributed by atoms with van der Waals surface area (Å²) in [5.41, 5.74) is 2.65. The number of hydrogen-bond acceptors (Lipinski definition) is 3. The zero-order chi connectivity index (χ0) is 14.3. The second-order valence-electron chi connectivity index (χ2n) is 5.11. The van der Waals surface area contributed by atoms with E-state index in [4.69, 9.17) is 5.26 Å². The lowest BCUT2D eigenvalue weighted by molar-refractivity contribution is 0.849. The third-order valence-electron chi connectivity index (χ3n) is 3.43. The summed E-state index contributed by atoms with van der Waals surface area (Å²) in [5.74, 6) is 0.340. The number of pyridine rings is 1. The van der Waals surface area contributed by atoms with Crippen molar-refractivity contribution in [2.75, 3.05) is 0 Å². The molecule has 3 rings (SSSR count). The van der Waals surface area contributed by atoms with E-state index in [-0.39, 0.29) is 5.56 Å². The molecule has 2 aromatic heterocycles. The van der Waals surface area contributed by atoms with Crippen LogP contribution in [0.1, 0.15) is 30.9 Å². The second-order valence-corrected chi connectivity index (χ2v) is 5.11. The quantitative estimate of drug-likeness (QED) is 0.634. The van der Waals surface area contributed by atoms with Gasteiger partial charge < -0.3 is 0 Å². The minimum Gasteiger partial charge on any atom is -0.268 e. The van der Waals surface area contributed by atoms with E-state index < -0.39 is 0 Å². The zero-order valence-corrected chi connectivity index (χ0v) is 11.3. The van der Waals surface area contributed by atoms with Crippen molar-refractivity contribution < 1.29 is 0 Å². The van der Waals surface area contributed by atoms with Crippen molar-refractivity contribution in [2.24, 2.45) is 0 Å². The van der Waals surface area contributed by atoms with Gasteiger partial charge in [-0.2, -0.15) is 5.26 Å². The van der Waals surface area contributed by atoms with E-state index in [9.17, 15) is 4.79 Å². The molecule has 0 atom stereocenters. The molecule has 4 heteroatoms. The molecule has 0 unspecified atom stereocenters. The topological polar surface area (TPSA) is 58.2 Å². The third kappa shape index (κ3) is 1.84. The minimum atomic E-state index is -0.135. The van der Waals surface area contributed by atoms with Crippen LogP contribution >= 0.6 is 0 Å². The lowest BCUT2D eigenvalue weighted by Gasteiger charge is -2.08. The summed E-state index contributed by atoms with van der Waals surface area (Å²) in [7, 11) is 0. The highest BCUT2D eigenvalue weighted by molar-refractivity contribution is 5.81. The fourth-order valence-corrected chi connectivity index (χ4v) is 2.23. The van der Waals surface area contributed by atoms with E-state index in [1.807, 2.05) is 24.4 Å². The van der Waals surface area contributed by atoms with E-state index in [2.05, 4.69) is 18.8 Å². The number of fused-ring (bicyclic) bond motifs is 2. The van der Waals surface area contributed by atoms with Crippen molar-refractivity contribution in [3.63, 3.8) is 0 Å². The Morgan fingerprint density at radius 1 is 1.25 bits per heavy atom. The van der Waals surface area contributed by atoms with Crippen molar-refractivity contribution in [1.82, 2.24) is 9.38 Å². The Morgan fingerprint density at radius 3 is 2.75 bits per heavy atom. The van der Waals surface area contributed by atoms with E-state index in [0.717, 1.165) is 5.56 Å². The Balaban J connectivity index is 2.43. The molecule has 4 nitrogen and oxygen atoms in total. The van der Waals surface area contributed by atoms with Crippen LogP contribution in [0.4, 0.5) is 0 Å². The van der Waals surface area contributed by atoms with Crippen LogP contribution in [-0.4, -0.2) is 9.38 Å². The molecule has 0 saturated heterocycles. The number of hydrogen-bond donors (Lipinski definition) is 0. The third-order valence-corrected chi connectivity index (χ3v) is 3.43. The van der Waals surface area contributed by atoms with Crippen molar-refractivity contribution in [2.45, 2.75) is 19.8 Å². The van der Waals surface area contributed by atoms with Crippen LogP contribution < -0.4 is 5.56 Å². The number of nitriles is 1. The summed E-state index contributed by atoms with van der Waals surface area (Å²) in [6.07, 6.45) is 1.83. The van der Waals surface area contributed by atoms with Gasteiger partial charge in [-0.25, -0.2) is 4.98 Å². The molecular weight excluding hydrogens is 250 g/mol. The second kappa shape index (κ2) is 4.46. The van der Waals surface area contributed by atoms with E-state index in [1.54, 1.807) is 22.6 Å². The highest BCUT2D eigenvalue weighted by Gasteiger charge is 2.08. The minimum absolute atomic E-state index is 0.135. The van der Waals surface area contributed by atoms with E-state index in [1.165, 1.54) is 0 Å². The van der Waals surface area contributed by atoms with Crippen molar-refractivity contribution in [1.29, 1.82) is 5.26 Å². The first-order valence-electron chi connectivity index (χ1n) is 6.46. The van der Waals surface area contributed by atoms with Gasteiger partial charge in [0.1, 0.15) is 5.65 Å². The fourth-order valence-electron chi connectivity index (χ4n) is 2.23. The van der Waals surface area contributed by atoms with E-state index in [0.29, 0.717) is 28.0 Å². The van der Waals surface area contributed by atoms with Crippen LogP contribution in [0.2, 0.25) is 0 Å². The molecule has 0 amide bonds. The predicted octanol–water partition coefficient (Wildman–Crippen LogP) is 2.84. The number of aromatic nitrogens is 2. The Kier molecular flexibility index (Phi) is 2.76. The molecule has 2 heterocycles. The van der Waals surface area contributed by atoms with Crippen LogP contribution in [0, 0.1) is 11.3 Å². The molecule has 0 spiro atoms. The molecule has 0 saturated carbocycles. The van der Waals surface area contributed by atoms with Crippen LogP contribution in [0.25, 0.3) is 16.6 Å². The van der Waals surface area contributed by atoms with Crippen LogP contribution in [0.5, 0.6) is 0 Å². The van der Waals surface area contributed by atoms with Gasteiger partial charge in [-0.15, -0.1) is 0 Å². The molecule has 3 aromatic rings. The largest absolute Gasteiger partial charge is 0.268 e. The summed E-state index contributed by atoms with van der Waals surface area (Å²) in [4.78, 5) is 17.0. The Labute approximate surface area is 115 Å². The monoisotopic (exact) mass is 263 g/mol. The first-order chi connectivity index (χ1) is 9.60. The molecule has 98 valence electrons. The average molecular weight is 263 g/mol. The van der Waals surface area contributed by atoms with Crippen LogP contribution in [0.15, 0.2) is 41.3 Å². The molecule has 20 heavy (non-hydrogen) atoms. The van der Waals surface area contributed by atoms with Gasteiger partial charge in [-0.1, -0.05) is 19.9 Å². The number of nitrogens with zero attached hydrogens (tertiary/aromatic N) is 3. The lowest BCUT2D eigenvalue weighted by Crippen LogP contribution is -2.16. The normalized spacial score (nSPS) is 11.1. The summed E-state index contributed by atoms with van der Waals surface area (Å²) in [5, 5.41) is 9.41. The molecular formula is C16H13N3O. The smallest absolute Gasteiger partial charge is 0.265 e. The average Bonchev–Trinajstić information content (AvgIpc) is 2.47. The van der Waals surface area contributed by atoms with Crippen LogP contribution in [0.3, 0.4) is 0 Å². The Morgan fingerprint density at radius 2 is 2.05 bits per heavy atom.